The molecule has 112 valence electrons. The second kappa shape index (κ2) is 5.87. The number of nitrogens with two attached hydrogens (primary N) is 1. The Morgan fingerprint density at radius 2 is 1.86 bits per heavy atom. The summed E-state index contributed by atoms with van der Waals surface area (Å²) in [6.45, 7) is 3.82. The van der Waals surface area contributed by atoms with E-state index in [0.717, 1.165) is 0 Å². The van der Waals surface area contributed by atoms with Gasteiger partial charge in [-0.05, 0) is 30.5 Å². The van der Waals surface area contributed by atoms with Crippen LogP contribution in [0.5, 0.6) is 5.88 Å². The highest BCUT2D eigenvalue weighted by Crippen LogP contribution is 2.28. The zero-order valence-electron chi connectivity index (χ0n) is 12.0. The highest BCUT2D eigenvalue weighted by molar-refractivity contribution is 6.30. The number of halogens is 1. The fraction of sp³-hybridized carbons (Fsp3) is 0.333. The molecule has 21 heavy (non-hydrogen) atoms. The summed E-state index contributed by atoms with van der Waals surface area (Å²) in [6, 6.07) is 6.61. The lowest BCUT2D eigenvalue weighted by Gasteiger charge is -2.25. The molecule has 0 radical (unpaired) electrons. The Hall–Kier alpha value is -1.85. The van der Waals surface area contributed by atoms with Crippen LogP contribution < -0.4 is 11.3 Å². The maximum Gasteiger partial charge on any atom is 0.262 e. The minimum atomic E-state index is -0.755. The van der Waals surface area contributed by atoms with Gasteiger partial charge in [0.25, 0.3) is 5.56 Å². The molecule has 1 heterocycles. The Morgan fingerprint density at radius 3 is 2.33 bits per heavy atom. The van der Waals surface area contributed by atoms with E-state index >= 15 is 0 Å². The Labute approximate surface area is 127 Å². The third-order valence-corrected chi connectivity index (χ3v) is 4.02. The molecular formula is C15H18ClN3O2. The average molecular weight is 308 g/mol. The van der Waals surface area contributed by atoms with Crippen molar-refractivity contribution in [2.75, 3.05) is 0 Å². The number of hydrogen-bond acceptors (Lipinski definition) is 4. The number of aromatic hydroxyl groups is 1. The molecule has 6 heteroatoms. The Kier molecular flexibility index (Phi) is 4.34. The van der Waals surface area contributed by atoms with Crippen LogP contribution in [0.15, 0.2) is 29.1 Å². The van der Waals surface area contributed by atoms with Crippen molar-refractivity contribution in [3.8, 4) is 17.0 Å². The second-order valence-electron chi connectivity index (χ2n) is 4.98. The van der Waals surface area contributed by atoms with Crippen molar-refractivity contribution in [1.82, 2.24) is 9.97 Å². The molecular weight excluding hydrogens is 290 g/mol. The molecule has 0 atom stereocenters. The van der Waals surface area contributed by atoms with E-state index < -0.39 is 11.1 Å². The normalized spacial score (nSPS) is 11.6. The van der Waals surface area contributed by atoms with E-state index in [-0.39, 0.29) is 11.4 Å². The molecule has 0 fully saturated rings. The van der Waals surface area contributed by atoms with Crippen molar-refractivity contribution < 1.29 is 5.11 Å². The first-order chi connectivity index (χ1) is 9.91. The molecule has 0 spiro atoms. The summed E-state index contributed by atoms with van der Waals surface area (Å²) in [5, 5.41) is 10.7. The van der Waals surface area contributed by atoms with E-state index in [1.54, 1.807) is 24.3 Å². The molecule has 1 aromatic carbocycles. The van der Waals surface area contributed by atoms with Gasteiger partial charge in [0.1, 0.15) is 11.4 Å². The van der Waals surface area contributed by atoms with E-state index in [1.807, 2.05) is 13.8 Å². The first-order valence-corrected chi connectivity index (χ1v) is 7.17. The van der Waals surface area contributed by atoms with Crippen LogP contribution in [-0.4, -0.2) is 15.1 Å². The maximum absolute atomic E-state index is 12.3. The molecule has 2 rings (SSSR count). The molecule has 0 aliphatic heterocycles. The van der Waals surface area contributed by atoms with Gasteiger partial charge in [0.15, 0.2) is 0 Å². The third kappa shape index (κ3) is 2.94. The summed E-state index contributed by atoms with van der Waals surface area (Å²) < 4.78 is 0. The van der Waals surface area contributed by atoms with Gasteiger partial charge in [-0.2, -0.15) is 4.98 Å². The number of aromatic nitrogens is 2. The highest BCUT2D eigenvalue weighted by Gasteiger charge is 2.27. The second-order valence-corrected chi connectivity index (χ2v) is 5.42. The maximum atomic E-state index is 12.3. The van der Waals surface area contributed by atoms with Gasteiger partial charge >= 0.3 is 0 Å². The number of rotatable bonds is 4. The van der Waals surface area contributed by atoms with Crippen molar-refractivity contribution in [3.63, 3.8) is 0 Å². The molecule has 0 saturated carbocycles. The summed E-state index contributed by atoms with van der Waals surface area (Å²) in [5.41, 5.74) is 5.69. The average Bonchev–Trinajstić information content (AvgIpc) is 2.47. The molecule has 5 nitrogen and oxygen atoms in total. The molecule has 4 N–H and O–H groups in total. The van der Waals surface area contributed by atoms with Crippen molar-refractivity contribution in [2.24, 2.45) is 5.73 Å². The number of H-pyrrole nitrogens is 1. The van der Waals surface area contributed by atoms with Crippen molar-refractivity contribution >= 4 is 11.6 Å². The first kappa shape index (κ1) is 15.5. The number of nitrogens with zero attached hydrogens (tertiary/aromatic N) is 1. The molecule has 0 amide bonds. The lowest BCUT2D eigenvalue weighted by atomic mass is 9.93. The summed E-state index contributed by atoms with van der Waals surface area (Å²) in [7, 11) is 0. The van der Waals surface area contributed by atoms with Gasteiger partial charge in [-0.15, -0.1) is 0 Å². The van der Waals surface area contributed by atoms with Crippen molar-refractivity contribution in [3.05, 3.63) is 45.5 Å². The Balaban J connectivity index is 2.57. The van der Waals surface area contributed by atoms with Crippen LogP contribution in [0.4, 0.5) is 0 Å². The number of aromatic amines is 1. The van der Waals surface area contributed by atoms with Gasteiger partial charge in [-0.1, -0.05) is 37.6 Å². The number of nitrogens with one attached hydrogen (secondary N) is 1. The van der Waals surface area contributed by atoms with Gasteiger partial charge < -0.3 is 15.8 Å². The lowest BCUT2D eigenvalue weighted by molar-refractivity contribution is 0.372. The largest absolute Gasteiger partial charge is 0.493 e. The van der Waals surface area contributed by atoms with Gasteiger partial charge in [0.2, 0.25) is 5.88 Å². The zero-order chi connectivity index (χ0) is 15.6. The molecule has 0 aliphatic carbocycles. The Bertz CT molecular complexity index is 691. The van der Waals surface area contributed by atoms with Gasteiger partial charge in [-0.25, -0.2) is 0 Å². The van der Waals surface area contributed by atoms with Gasteiger partial charge in [-0.3, -0.25) is 4.79 Å². The fourth-order valence-electron chi connectivity index (χ4n) is 2.16. The number of hydrogen-bond donors (Lipinski definition) is 3. The summed E-state index contributed by atoms with van der Waals surface area (Å²) in [6.07, 6.45) is 1.21. The molecule has 0 saturated heterocycles. The molecule has 0 aliphatic rings. The van der Waals surface area contributed by atoms with Crippen LogP contribution in [0.3, 0.4) is 0 Å². The summed E-state index contributed by atoms with van der Waals surface area (Å²) in [4.78, 5) is 19.1. The first-order valence-electron chi connectivity index (χ1n) is 6.80. The van der Waals surface area contributed by atoms with Crippen LogP contribution in [0.1, 0.15) is 32.5 Å². The van der Waals surface area contributed by atoms with E-state index in [0.29, 0.717) is 29.3 Å². The van der Waals surface area contributed by atoms with Crippen LogP contribution in [0.2, 0.25) is 5.02 Å². The van der Waals surface area contributed by atoms with Crippen molar-refractivity contribution in [2.45, 2.75) is 32.2 Å². The van der Waals surface area contributed by atoms with Crippen molar-refractivity contribution in [1.29, 1.82) is 0 Å². The fourth-order valence-corrected chi connectivity index (χ4v) is 2.28. The van der Waals surface area contributed by atoms with Gasteiger partial charge in [0, 0.05) is 5.02 Å². The highest BCUT2D eigenvalue weighted by atomic mass is 35.5. The van der Waals surface area contributed by atoms with Crippen LogP contribution in [0.25, 0.3) is 11.1 Å². The quantitative estimate of drug-likeness (QED) is 0.810. The SMILES string of the molecule is CCC(N)(CC)c1nc(O)c(-c2ccc(Cl)cc2)c(=O)[nH]1. The Morgan fingerprint density at radius 1 is 1.29 bits per heavy atom. The predicted molar refractivity (Wildman–Crippen MR) is 83.4 cm³/mol. The molecule has 0 unspecified atom stereocenters. The van der Waals surface area contributed by atoms with Crippen LogP contribution in [0, 0.1) is 0 Å². The van der Waals surface area contributed by atoms with Crippen LogP contribution >= 0.6 is 11.6 Å². The summed E-state index contributed by atoms with van der Waals surface area (Å²) in [5.74, 6) is -0.0273. The molecule has 0 bridgehead atoms. The third-order valence-electron chi connectivity index (χ3n) is 3.77. The minimum Gasteiger partial charge on any atom is -0.493 e. The van der Waals surface area contributed by atoms with E-state index in [2.05, 4.69) is 9.97 Å². The lowest BCUT2D eigenvalue weighted by Crippen LogP contribution is -2.38. The molecule has 2 aromatic rings. The predicted octanol–water partition coefficient (Wildman–Crippen LogP) is 2.77. The molecule has 1 aromatic heterocycles. The smallest absolute Gasteiger partial charge is 0.262 e. The minimum absolute atomic E-state index is 0.116. The van der Waals surface area contributed by atoms with E-state index in [9.17, 15) is 9.90 Å². The number of benzene rings is 1. The van der Waals surface area contributed by atoms with Crippen LogP contribution in [-0.2, 0) is 5.54 Å². The monoisotopic (exact) mass is 307 g/mol. The van der Waals surface area contributed by atoms with E-state index in [4.69, 9.17) is 17.3 Å². The standard InChI is InChI=1S/C15H18ClN3O2/c1-3-15(17,4-2)14-18-12(20)11(13(21)19-14)9-5-7-10(16)8-6-9/h5-8H,3-4,17H2,1-2H3,(H2,18,19,20,21). The zero-order valence-corrected chi connectivity index (χ0v) is 12.7. The topological polar surface area (TPSA) is 92.0 Å². The van der Waals surface area contributed by atoms with E-state index in [1.165, 1.54) is 0 Å². The van der Waals surface area contributed by atoms with Gasteiger partial charge in [0.05, 0.1) is 5.54 Å². The summed E-state index contributed by atoms with van der Waals surface area (Å²) >= 11 is 5.82.